The highest BCUT2D eigenvalue weighted by molar-refractivity contribution is 5.80. The van der Waals surface area contributed by atoms with Crippen LogP contribution < -0.4 is 5.32 Å². The van der Waals surface area contributed by atoms with E-state index in [1.54, 1.807) is 0 Å². The summed E-state index contributed by atoms with van der Waals surface area (Å²) < 4.78 is 2.00. The molecule has 2 atom stereocenters. The fourth-order valence-electron chi connectivity index (χ4n) is 4.88. The van der Waals surface area contributed by atoms with Gasteiger partial charge in [-0.1, -0.05) is 36.4 Å². The van der Waals surface area contributed by atoms with Crippen molar-refractivity contribution in [2.24, 2.45) is 18.0 Å². The van der Waals surface area contributed by atoms with Crippen LogP contribution >= 0.6 is 0 Å². The van der Waals surface area contributed by atoms with Crippen LogP contribution in [0.15, 0.2) is 48.0 Å². The van der Waals surface area contributed by atoms with Crippen molar-refractivity contribution in [1.82, 2.24) is 29.9 Å². The van der Waals surface area contributed by atoms with Gasteiger partial charge in [0, 0.05) is 39.3 Å². The maximum atomic E-state index is 4.90. The number of benzene rings is 1. The van der Waals surface area contributed by atoms with E-state index in [0.717, 1.165) is 37.2 Å². The van der Waals surface area contributed by atoms with E-state index in [4.69, 9.17) is 4.99 Å². The van der Waals surface area contributed by atoms with Crippen molar-refractivity contribution >= 4 is 5.96 Å². The van der Waals surface area contributed by atoms with Gasteiger partial charge in [-0.05, 0) is 44.2 Å². The van der Waals surface area contributed by atoms with E-state index in [1.165, 1.54) is 31.4 Å². The molecule has 31 heavy (non-hydrogen) atoms. The fraction of sp³-hybridized carbons (Fsp3) is 0.542. The maximum absolute atomic E-state index is 4.90. The number of guanidine groups is 1. The van der Waals surface area contributed by atoms with Gasteiger partial charge in [-0.2, -0.15) is 0 Å². The third-order valence-corrected chi connectivity index (χ3v) is 6.67. The molecule has 1 N–H and O–H groups in total. The highest BCUT2D eigenvalue weighted by Gasteiger charge is 2.36. The smallest absolute Gasteiger partial charge is 0.194 e. The first-order chi connectivity index (χ1) is 15.2. The Kier molecular flexibility index (Phi) is 7.02. The van der Waals surface area contributed by atoms with Crippen molar-refractivity contribution < 1.29 is 0 Å². The van der Waals surface area contributed by atoms with Crippen molar-refractivity contribution in [1.29, 1.82) is 0 Å². The minimum Gasteiger partial charge on any atom is -0.353 e. The molecule has 2 aliphatic heterocycles. The molecule has 7 nitrogen and oxygen atoms in total. The molecule has 0 spiro atoms. The Balaban J connectivity index is 1.43. The second-order valence-electron chi connectivity index (χ2n) is 8.69. The summed E-state index contributed by atoms with van der Waals surface area (Å²) in [6, 6.07) is 11.5. The SMILES string of the molecule is C=CCNC(=NCc1nnc(C)n1C)N1CCC2C(CCCN2Cc2ccccc2)C1. The first kappa shape index (κ1) is 21.6. The lowest BCUT2D eigenvalue weighted by atomic mass is 9.83. The van der Waals surface area contributed by atoms with Crippen LogP contribution in [0.3, 0.4) is 0 Å². The molecule has 4 rings (SSSR count). The Bertz CT molecular complexity index is 889. The summed E-state index contributed by atoms with van der Waals surface area (Å²) in [5.41, 5.74) is 1.42. The molecule has 166 valence electrons. The molecule has 2 unspecified atom stereocenters. The number of nitrogens with one attached hydrogen (secondary N) is 1. The van der Waals surface area contributed by atoms with E-state index < -0.39 is 0 Å². The van der Waals surface area contributed by atoms with Crippen molar-refractivity contribution in [2.45, 2.75) is 45.3 Å². The summed E-state index contributed by atoms with van der Waals surface area (Å²) in [7, 11) is 1.99. The van der Waals surface area contributed by atoms with E-state index in [-0.39, 0.29) is 0 Å². The molecule has 7 heteroatoms. The molecule has 0 radical (unpaired) electrons. The second kappa shape index (κ2) is 10.1. The Morgan fingerprint density at radius 2 is 2.06 bits per heavy atom. The summed E-state index contributed by atoms with van der Waals surface area (Å²) in [6.07, 6.45) is 5.63. The number of fused-ring (bicyclic) bond motifs is 1. The van der Waals surface area contributed by atoms with Gasteiger partial charge in [-0.15, -0.1) is 16.8 Å². The monoisotopic (exact) mass is 421 g/mol. The van der Waals surface area contributed by atoms with Crippen LogP contribution in [0.25, 0.3) is 0 Å². The van der Waals surface area contributed by atoms with Crippen molar-refractivity contribution in [3.8, 4) is 0 Å². The summed E-state index contributed by atoms with van der Waals surface area (Å²) in [6.45, 7) is 11.4. The molecule has 2 aromatic rings. The van der Waals surface area contributed by atoms with E-state index in [0.29, 0.717) is 25.0 Å². The molecule has 2 saturated heterocycles. The molecule has 1 aromatic carbocycles. The zero-order valence-electron chi connectivity index (χ0n) is 18.9. The largest absolute Gasteiger partial charge is 0.353 e. The van der Waals surface area contributed by atoms with E-state index in [1.807, 2.05) is 24.6 Å². The highest BCUT2D eigenvalue weighted by Crippen LogP contribution is 2.31. The molecule has 2 aliphatic rings. The van der Waals surface area contributed by atoms with Gasteiger partial charge in [-0.3, -0.25) is 4.90 Å². The van der Waals surface area contributed by atoms with Gasteiger partial charge in [-0.25, -0.2) is 4.99 Å². The molecule has 0 aliphatic carbocycles. The van der Waals surface area contributed by atoms with Crippen LogP contribution in [0, 0.1) is 12.8 Å². The molecule has 2 fully saturated rings. The first-order valence-corrected chi connectivity index (χ1v) is 11.4. The molecule has 0 saturated carbocycles. The average molecular weight is 422 g/mol. The van der Waals surface area contributed by atoms with Crippen LogP contribution in [0.4, 0.5) is 0 Å². The summed E-state index contributed by atoms with van der Waals surface area (Å²) in [4.78, 5) is 10.0. The van der Waals surface area contributed by atoms with Crippen molar-refractivity contribution in [3.05, 3.63) is 60.2 Å². The topological polar surface area (TPSA) is 61.6 Å². The van der Waals surface area contributed by atoms with Gasteiger partial charge in [0.1, 0.15) is 12.4 Å². The predicted molar refractivity (Wildman–Crippen MR) is 125 cm³/mol. The van der Waals surface area contributed by atoms with Gasteiger partial charge in [0.25, 0.3) is 0 Å². The molecule has 3 heterocycles. The molecule has 1 aromatic heterocycles. The lowest BCUT2D eigenvalue weighted by Gasteiger charge is -2.48. The lowest BCUT2D eigenvalue weighted by molar-refractivity contribution is 0.0372. The lowest BCUT2D eigenvalue weighted by Crippen LogP contribution is -2.56. The van der Waals surface area contributed by atoms with Crippen LogP contribution in [0.5, 0.6) is 0 Å². The van der Waals surface area contributed by atoms with E-state index in [2.05, 4.69) is 62.2 Å². The van der Waals surface area contributed by atoms with Crippen molar-refractivity contribution in [3.63, 3.8) is 0 Å². The minimum absolute atomic E-state index is 0.529. The molecular weight excluding hydrogens is 386 g/mol. The quantitative estimate of drug-likeness (QED) is 0.442. The number of aliphatic imine (C=N–C) groups is 1. The third-order valence-electron chi connectivity index (χ3n) is 6.67. The zero-order chi connectivity index (χ0) is 21.6. The van der Waals surface area contributed by atoms with E-state index in [9.17, 15) is 0 Å². The normalized spacial score (nSPS) is 22.3. The zero-order valence-corrected chi connectivity index (χ0v) is 18.9. The number of nitrogens with zero attached hydrogens (tertiary/aromatic N) is 6. The van der Waals surface area contributed by atoms with Gasteiger partial charge in [0.05, 0.1) is 0 Å². The number of rotatable bonds is 6. The number of likely N-dealkylation sites (tertiary alicyclic amines) is 2. The Morgan fingerprint density at radius 1 is 1.23 bits per heavy atom. The first-order valence-electron chi connectivity index (χ1n) is 11.4. The number of hydrogen-bond acceptors (Lipinski definition) is 4. The minimum atomic E-state index is 0.529. The van der Waals surface area contributed by atoms with Crippen LogP contribution in [-0.2, 0) is 20.1 Å². The van der Waals surface area contributed by atoms with E-state index >= 15 is 0 Å². The van der Waals surface area contributed by atoms with Crippen LogP contribution in [0.2, 0.25) is 0 Å². The average Bonchev–Trinajstić information content (AvgIpc) is 3.12. The molecular formula is C24H35N7. The molecule has 0 bridgehead atoms. The third kappa shape index (κ3) is 5.15. The summed E-state index contributed by atoms with van der Waals surface area (Å²) in [5.74, 6) is 3.43. The summed E-state index contributed by atoms with van der Waals surface area (Å²) >= 11 is 0. The number of aromatic nitrogens is 3. The van der Waals surface area contributed by atoms with Gasteiger partial charge in [0.2, 0.25) is 0 Å². The Labute approximate surface area is 185 Å². The maximum Gasteiger partial charge on any atom is 0.194 e. The number of aryl methyl sites for hydroxylation is 1. The van der Waals surface area contributed by atoms with Crippen LogP contribution in [-0.4, -0.2) is 62.7 Å². The summed E-state index contributed by atoms with van der Waals surface area (Å²) in [5, 5.41) is 11.9. The highest BCUT2D eigenvalue weighted by atomic mass is 15.3. The van der Waals surface area contributed by atoms with Crippen molar-refractivity contribution in [2.75, 3.05) is 26.2 Å². The number of piperidine rings is 2. The standard InChI is InChI=1S/C24H35N7/c1-4-13-25-24(26-16-23-28-27-19(2)29(23)3)31-15-12-22-21(18-31)11-8-14-30(22)17-20-9-6-5-7-10-20/h4-7,9-10,21-22H,1,8,11-18H2,2-3H3,(H,25,26). The van der Waals surface area contributed by atoms with Gasteiger partial charge < -0.3 is 14.8 Å². The number of hydrogen-bond donors (Lipinski definition) is 1. The predicted octanol–water partition coefficient (Wildman–Crippen LogP) is 2.74. The Hall–Kier alpha value is -2.67. The van der Waals surface area contributed by atoms with Gasteiger partial charge >= 0.3 is 0 Å². The second-order valence-corrected chi connectivity index (χ2v) is 8.69. The fourth-order valence-corrected chi connectivity index (χ4v) is 4.88. The Morgan fingerprint density at radius 3 is 2.81 bits per heavy atom. The molecule has 0 amide bonds. The van der Waals surface area contributed by atoms with Gasteiger partial charge in [0.15, 0.2) is 11.8 Å². The van der Waals surface area contributed by atoms with Crippen LogP contribution in [0.1, 0.15) is 36.5 Å².